The standard InChI is InChI=1S/C45H74O4.C25H40O4/c1-29(2)32-12-16-36-34(25-32)14-18-38-42(6,20-10-22-44(36,38)8)27-48-40(46)24-31(5)41(47)49-28-43(7)21-11-23-45(9)37-17-13-33(30(3)4)26-35(37)15-19-39(43)45;1-16(2)18-7-9-20-19(14-18)8-10-21-24(4,11-6-12-25(20,21)5)15-29-23(28)17(3)13-22(26)27/h29-30,32-39H,5,10-28H2,1-4,6-9H3;16,18-21H,3,6-15H2,1-2,4-5H3,(H,26,27). The highest BCUT2D eigenvalue weighted by Crippen LogP contribution is 2.68. The molecule has 9 aliphatic carbocycles. The SMILES string of the molecule is C=C(CC(=O)O)C(=O)OCC1(C)CCCC2(C)C3CCC(C(C)C)CC3CCC12.C=C(CC(=O)OCC1(C)CCCC2(C)C3CCC(C(C)C)CC3CCC12)C(=O)OCC1(C)CCCC2(C)C3CCC(C(C)C)CC3CCC12. The van der Waals surface area contributed by atoms with Gasteiger partial charge in [0.1, 0.15) is 0 Å². The molecule has 9 fully saturated rings. The van der Waals surface area contributed by atoms with Gasteiger partial charge in [0.25, 0.3) is 0 Å². The first kappa shape index (κ1) is 61.4. The van der Waals surface area contributed by atoms with E-state index in [-0.39, 0.29) is 46.2 Å². The number of hydrogen-bond acceptors (Lipinski definition) is 7. The smallest absolute Gasteiger partial charge is 0.334 e. The van der Waals surface area contributed by atoms with Gasteiger partial charge < -0.3 is 19.3 Å². The number of aliphatic carboxylic acids is 1. The van der Waals surface area contributed by atoms with Gasteiger partial charge in [-0.2, -0.15) is 0 Å². The first-order chi connectivity index (χ1) is 36.7. The predicted molar refractivity (Wildman–Crippen MR) is 314 cm³/mol. The van der Waals surface area contributed by atoms with Crippen LogP contribution in [0.1, 0.15) is 250 Å². The number of carbonyl (C=O) groups is 4. The fraction of sp³-hybridized carbons (Fsp3) is 0.886. The van der Waals surface area contributed by atoms with E-state index in [9.17, 15) is 19.2 Å². The maximum atomic E-state index is 13.3. The molecule has 0 aromatic carbocycles. The van der Waals surface area contributed by atoms with E-state index in [0.29, 0.717) is 53.8 Å². The van der Waals surface area contributed by atoms with Crippen molar-refractivity contribution in [1.82, 2.24) is 0 Å². The van der Waals surface area contributed by atoms with Crippen LogP contribution in [0.15, 0.2) is 24.3 Å². The molecule has 442 valence electrons. The Morgan fingerprint density at radius 3 is 1.05 bits per heavy atom. The second-order valence-electron chi connectivity index (χ2n) is 31.7. The molecule has 8 nitrogen and oxygen atoms in total. The van der Waals surface area contributed by atoms with Crippen molar-refractivity contribution in [2.24, 2.45) is 121 Å². The van der Waals surface area contributed by atoms with Crippen LogP contribution in [-0.2, 0) is 33.4 Å². The van der Waals surface area contributed by atoms with E-state index in [0.717, 1.165) is 90.3 Å². The van der Waals surface area contributed by atoms with Crippen LogP contribution in [-0.4, -0.2) is 48.8 Å². The summed E-state index contributed by atoms with van der Waals surface area (Å²) in [6.07, 6.45) is 30.6. The number of carbonyl (C=O) groups excluding carboxylic acids is 3. The first-order valence-electron chi connectivity index (χ1n) is 32.7. The fourth-order valence-electron chi connectivity index (χ4n) is 21.8. The summed E-state index contributed by atoms with van der Waals surface area (Å²) >= 11 is 0. The van der Waals surface area contributed by atoms with Gasteiger partial charge in [-0.3, -0.25) is 9.59 Å². The molecule has 78 heavy (non-hydrogen) atoms. The Labute approximate surface area is 475 Å². The summed E-state index contributed by atoms with van der Waals surface area (Å²) in [7, 11) is 0. The Morgan fingerprint density at radius 1 is 0.436 bits per heavy atom. The average Bonchev–Trinajstić information content (AvgIpc) is 3.58. The molecule has 0 spiro atoms. The quantitative estimate of drug-likeness (QED) is 0.0979. The zero-order valence-corrected chi connectivity index (χ0v) is 51.9. The van der Waals surface area contributed by atoms with Crippen molar-refractivity contribution in [2.75, 3.05) is 19.8 Å². The third kappa shape index (κ3) is 12.5. The minimum atomic E-state index is -1.04. The Hall–Kier alpha value is -2.64. The van der Waals surface area contributed by atoms with E-state index in [1.807, 2.05) is 0 Å². The van der Waals surface area contributed by atoms with Crippen LogP contribution in [0.5, 0.6) is 0 Å². The molecule has 0 saturated heterocycles. The number of fused-ring (bicyclic) bond motifs is 9. The molecule has 9 saturated carbocycles. The summed E-state index contributed by atoms with van der Waals surface area (Å²) in [4.78, 5) is 49.6. The van der Waals surface area contributed by atoms with Crippen LogP contribution >= 0.6 is 0 Å². The second kappa shape index (κ2) is 24.3. The van der Waals surface area contributed by atoms with Crippen molar-refractivity contribution >= 4 is 23.9 Å². The molecule has 9 rings (SSSR count). The van der Waals surface area contributed by atoms with Gasteiger partial charge in [0.15, 0.2) is 0 Å². The molecular formula is C70H114O8. The van der Waals surface area contributed by atoms with Crippen molar-refractivity contribution in [3.63, 3.8) is 0 Å². The monoisotopic (exact) mass is 1080 g/mol. The number of carboxylic acid groups (broad SMARTS) is 1. The van der Waals surface area contributed by atoms with Crippen LogP contribution < -0.4 is 0 Å². The summed E-state index contributed by atoms with van der Waals surface area (Å²) in [5.74, 6) is 9.44. The molecule has 0 aromatic rings. The van der Waals surface area contributed by atoms with Gasteiger partial charge in [-0.1, -0.05) is 116 Å². The highest BCUT2D eigenvalue weighted by molar-refractivity contribution is 5.93. The lowest BCUT2D eigenvalue weighted by molar-refractivity contribution is -0.165. The summed E-state index contributed by atoms with van der Waals surface area (Å²) < 4.78 is 17.7. The molecule has 0 radical (unpaired) electrons. The molecule has 0 aromatic heterocycles. The van der Waals surface area contributed by atoms with Crippen LogP contribution in [0.3, 0.4) is 0 Å². The summed E-state index contributed by atoms with van der Waals surface area (Å²) in [6.45, 7) is 38.0. The van der Waals surface area contributed by atoms with Crippen molar-refractivity contribution in [1.29, 1.82) is 0 Å². The van der Waals surface area contributed by atoms with E-state index >= 15 is 0 Å². The Bertz CT molecular complexity index is 2160. The summed E-state index contributed by atoms with van der Waals surface area (Å²) in [6, 6.07) is 0. The third-order valence-electron chi connectivity index (χ3n) is 26.1. The maximum absolute atomic E-state index is 13.3. The molecule has 1 N–H and O–H groups in total. The van der Waals surface area contributed by atoms with Crippen LogP contribution in [0, 0.1) is 121 Å². The topological polar surface area (TPSA) is 116 Å². The van der Waals surface area contributed by atoms with E-state index < -0.39 is 17.9 Å². The number of esters is 3. The van der Waals surface area contributed by atoms with E-state index in [1.54, 1.807) is 0 Å². The lowest BCUT2D eigenvalue weighted by atomic mass is 9.44. The van der Waals surface area contributed by atoms with Gasteiger partial charge in [0.05, 0.1) is 32.7 Å². The average molecular weight is 1080 g/mol. The van der Waals surface area contributed by atoms with E-state index in [2.05, 4.69) is 96.2 Å². The summed E-state index contributed by atoms with van der Waals surface area (Å²) in [5.41, 5.74) is 1.25. The Morgan fingerprint density at radius 2 is 0.744 bits per heavy atom. The number of carboxylic acids is 1. The van der Waals surface area contributed by atoms with Gasteiger partial charge >= 0.3 is 23.9 Å². The molecule has 18 atom stereocenters. The van der Waals surface area contributed by atoms with Gasteiger partial charge in [0, 0.05) is 27.4 Å². The molecule has 9 aliphatic rings. The normalized spacial score (nSPS) is 42.9. The van der Waals surface area contributed by atoms with E-state index in [1.165, 1.54) is 135 Å². The first-order valence-corrected chi connectivity index (χ1v) is 32.7. The molecule has 0 heterocycles. The molecule has 0 amide bonds. The zero-order valence-electron chi connectivity index (χ0n) is 51.9. The molecule has 18 unspecified atom stereocenters. The molecule has 0 aliphatic heterocycles. The minimum Gasteiger partial charge on any atom is -0.481 e. The summed E-state index contributed by atoms with van der Waals surface area (Å²) in [5, 5.41) is 8.88. The van der Waals surface area contributed by atoms with Crippen LogP contribution in [0.4, 0.5) is 0 Å². The molecular weight excluding hydrogens is 969 g/mol. The van der Waals surface area contributed by atoms with E-state index in [4.69, 9.17) is 19.3 Å². The highest BCUT2D eigenvalue weighted by Gasteiger charge is 2.60. The third-order valence-corrected chi connectivity index (χ3v) is 26.1. The van der Waals surface area contributed by atoms with Crippen LogP contribution in [0.25, 0.3) is 0 Å². The lowest BCUT2D eigenvalue weighted by Gasteiger charge is -2.61. The van der Waals surface area contributed by atoms with Gasteiger partial charge in [0.2, 0.25) is 0 Å². The Balaban J connectivity index is 0.000000236. The largest absolute Gasteiger partial charge is 0.481 e. The second-order valence-corrected chi connectivity index (χ2v) is 31.7. The fourth-order valence-corrected chi connectivity index (χ4v) is 21.8. The molecule has 0 bridgehead atoms. The predicted octanol–water partition coefficient (Wildman–Crippen LogP) is 17.5. The number of rotatable bonds is 15. The van der Waals surface area contributed by atoms with Gasteiger partial charge in [-0.05, 0) is 240 Å². The molecule has 8 heteroatoms. The lowest BCUT2D eigenvalue weighted by Crippen LogP contribution is -2.55. The van der Waals surface area contributed by atoms with Crippen molar-refractivity contribution in [2.45, 2.75) is 250 Å². The minimum absolute atomic E-state index is 0.000367. The highest BCUT2D eigenvalue weighted by atomic mass is 16.5. The van der Waals surface area contributed by atoms with Crippen molar-refractivity contribution in [3.05, 3.63) is 24.3 Å². The van der Waals surface area contributed by atoms with Gasteiger partial charge in [-0.15, -0.1) is 0 Å². The number of ether oxygens (including phenoxy) is 3. The Kier molecular flexibility index (Phi) is 19.1. The van der Waals surface area contributed by atoms with Crippen LogP contribution in [0.2, 0.25) is 0 Å². The maximum Gasteiger partial charge on any atom is 0.334 e. The van der Waals surface area contributed by atoms with Crippen molar-refractivity contribution < 1.29 is 38.5 Å². The van der Waals surface area contributed by atoms with Crippen molar-refractivity contribution in [3.8, 4) is 0 Å². The zero-order chi connectivity index (χ0) is 56.8. The number of hydrogen-bond donors (Lipinski definition) is 1. The van der Waals surface area contributed by atoms with Gasteiger partial charge in [-0.25, -0.2) is 9.59 Å².